The van der Waals surface area contributed by atoms with Gasteiger partial charge in [0.2, 0.25) is 0 Å². The van der Waals surface area contributed by atoms with Crippen LogP contribution in [0.5, 0.6) is 0 Å². The van der Waals surface area contributed by atoms with Crippen molar-refractivity contribution < 1.29 is 4.29 Å². The first-order valence-electron chi connectivity index (χ1n) is 0.925. The summed E-state index contributed by atoms with van der Waals surface area (Å²) in [6, 6.07) is 0. The van der Waals surface area contributed by atoms with E-state index in [4.69, 9.17) is 11.9 Å². The molecule has 0 heterocycles. The fraction of sp³-hybridized carbons (Fsp3) is 1.00. The van der Waals surface area contributed by atoms with Gasteiger partial charge >= 0.3 is 0 Å². The molecule has 0 aliphatic carbocycles. The van der Waals surface area contributed by atoms with E-state index in [0.717, 1.165) is 0 Å². The van der Waals surface area contributed by atoms with Crippen LogP contribution in [0.25, 0.3) is 0 Å². The molecular weight excluding hydrogens is 303 g/mol. The maximum absolute atomic E-state index is 4.84. The number of halogens is 4. The van der Waals surface area contributed by atoms with Crippen molar-refractivity contribution >= 4 is 59.7 Å². The van der Waals surface area contributed by atoms with Gasteiger partial charge in [0.15, 0.2) is 0 Å². The molecule has 0 rings (SSSR count). The highest BCUT2D eigenvalue weighted by atomic mass is 80.0. The van der Waals surface area contributed by atoms with Crippen LogP contribution >= 0.6 is 59.7 Å². The molecule has 5 heteroatoms. The molecule has 0 N–H and O–H groups in total. The van der Waals surface area contributed by atoms with Crippen molar-refractivity contribution in [3.63, 3.8) is 0 Å². The third kappa shape index (κ3) is 5.69. The van der Waals surface area contributed by atoms with Crippen molar-refractivity contribution in [3.05, 3.63) is 0 Å². The fourth-order valence-electron chi connectivity index (χ4n) is 0. The number of rotatable bonds is 0. The average Bonchev–Trinajstić information content (AvgIpc) is 1.35. The lowest BCUT2D eigenvalue weighted by atomic mass is 11.7. The van der Waals surface area contributed by atoms with Gasteiger partial charge in [-0.25, -0.2) is 4.29 Å². The van der Waals surface area contributed by atoms with Crippen LogP contribution in [0.3, 0.4) is 0 Å². The highest BCUT2D eigenvalue weighted by Gasteiger charge is 2.15. The van der Waals surface area contributed by atoms with E-state index in [0.29, 0.717) is 0 Å². The minimum absolute atomic E-state index is 0.755. The van der Waals surface area contributed by atoms with Crippen LogP contribution in [0.2, 0.25) is 0 Å². The predicted octanol–water partition coefficient (Wildman–Crippen LogP) is 2.95. The van der Waals surface area contributed by atoms with Crippen LogP contribution in [-0.4, -0.2) is 2.33 Å². The van der Waals surface area contributed by atoms with Crippen molar-refractivity contribution in [1.82, 2.24) is 0 Å². The van der Waals surface area contributed by atoms with Gasteiger partial charge in [0.1, 0.15) is 0 Å². The van der Waals surface area contributed by atoms with Gasteiger partial charge in [0.05, 0.1) is 11.9 Å². The van der Waals surface area contributed by atoms with Gasteiger partial charge in [-0.3, -0.25) is 0 Å². The lowest BCUT2D eigenvalue weighted by Crippen LogP contribution is -1.95. The van der Waals surface area contributed by atoms with Crippen LogP contribution in [0.15, 0.2) is 0 Å². The molecule has 0 aromatic carbocycles. The summed E-state index contributed by atoms with van der Waals surface area (Å²) < 4.78 is 3.40. The topological polar surface area (TPSA) is 9.23 Å². The van der Waals surface area contributed by atoms with E-state index < -0.39 is 2.33 Å². The molecule has 0 saturated heterocycles. The largest absolute Gasteiger partial charge is 0.251 e. The van der Waals surface area contributed by atoms with Gasteiger partial charge in [-0.1, -0.05) is 0 Å². The molecular formula is CBr3ClO. The molecule has 0 fully saturated rings. The summed E-state index contributed by atoms with van der Waals surface area (Å²) in [5, 5.41) is 0. The smallest absolute Gasteiger partial charge is 0.237 e. The highest BCUT2D eigenvalue weighted by Crippen LogP contribution is 2.35. The lowest BCUT2D eigenvalue weighted by molar-refractivity contribution is 0.398. The normalized spacial score (nSPS) is 12.0. The van der Waals surface area contributed by atoms with Crippen molar-refractivity contribution in [2.45, 2.75) is 2.33 Å². The number of hydrogen-bond acceptors (Lipinski definition) is 1. The summed E-state index contributed by atoms with van der Waals surface area (Å²) in [6.07, 6.45) is 0. The van der Waals surface area contributed by atoms with E-state index in [1.165, 1.54) is 0 Å². The molecule has 0 aromatic heterocycles. The molecule has 0 aliphatic heterocycles. The Balaban J connectivity index is 3.17. The molecule has 1 nitrogen and oxygen atoms in total. The molecule has 0 spiro atoms. The second-order valence-corrected chi connectivity index (χ2v) is 7.22. The highest BCUT2D eigenvalue weighted by molar-refractivity contribution is 9.39. The molecule has 6 heavy (non-hydrogen) atoms. The van der Waals surface area contributed by atoms with Gasteiger partial charge in [-0.05, 0) is 47.8 Å². The van der Waals surface area contributed by atoms with E-state index in [9.17, 15) is 0 Å². The molecule has 0 atom stereocenters. The molecule has 0 unspecified atom stereocenters. The first kappa shape index (κ1) is 7.69. The second kappa shape index (κ2) is 2.87. The fourth-order valence-corrected chi connectivity index (χ4v) is 0. The van der Waals surface area contributed by atoms with Gasteiger partial charge < -0.3 is 0 Å². The minimum Gasteiger partial charge on any atom is -0.237 e. The zero-order chi connectivity index (χ0) is 5.21. The molecule has 0 bridgehead atoms. The summed E-state index contributed by atoms with van der Waals surface area (Å²) >= 11 is 13.7. The predicted molar refractivity (Wildman–Crippen MR) is 36.5 cm³/mol. The van der Waals surface area contributed by atoms with E-state index in [1.807, 2.05) is 0 Å². The van der Waals surface area contributed by atoms with Gasteiger partial charge in [0, 0.05) is 0 Å². The standard InChI is InChI=1S/CBr3ClO/c2-1(3,4)6-5. The van der Waals surface area contributed by atoms with Crippen molar-refractivity contribution in [3.8, 4) is 0 Å². The molecule has 0 aromatic rings. The zero-order valence-electron chi connectivity index (χ0n) is 2.42. The van der Waals surface area contributed by atoms with E-state index >= 15 is 0 Å². The zero-order valence-corrected chi connectivity index (χ0v) is 7.93. The van der Waals surface area contributed by atoms with Crippen molar-refractivity contribution in [2.24, 2.45) is 0 Å². The van der Waals surface area contributed by atoms with Crippen molar-refractivity contribution in [2.75, 3.05) is 0 Å². The third-order valence-electron chi connectivity index (χ3n) is 0.0875. The Morgan fingerprint density at radius 3 is 1.50 bits per heavy atom. The molecule has 38 valence electrons. The molecule has 0 aliphatic rings. The monoisotopic (exact) mass is 300 g/mol. The first-order valence-corrected chi connectivity index (χ1v) is 3.61. The van der Waals surface area contributed by atoms with Crippen LogP contribution < -0.4 is 0 Å². The Hall–Kier alpha value is 1.69. The maximum Gasteiger partial charge on any atom is 0.251 e. The maximum atomic E-state index is 4.84. The molecule has 0 radical (unpaired) electrons. The van der Waals surface area contributed by atoms with Crippen molar-refractivity contribution in [1.29, 1.82) is 0 Å². The third-order valence-corrected chi connectivity index (χ3v) is 1.36. The van der Waals surface area contributed by atoms with E-state index in [1.54, 1.807) is 0 Å². The Kier molecular flexibility index (Phi) is 3.68. The quantitative estimate of drug-likeness (QED) is 0.625. The van der Waals surface area contributed by atoms with Crippen LogP contribution in [0.4, 0.5) is 0 Å². The SMILES string of the molecule is ClOC(Br)(Br)Br. The van der Waals surface area contributed by atoms with Gasteiger partial charge in [0.25, 0.3) is 2.33 Å². The minimum atomic E-state index is -0.755. The number of alkyl halides is 3. The molecule has 0 amide bonds. The first-order chi connectivity index (χ1) is 2.56. The average molecular weight is 303 g/mol. The second-order valence-electron chi connectivity index (χ2n) is 0.523. The molecule has 0 saturated carbocycles. The Labute approximate surface area is 65.9 Å². The van der Waals surface area contributed by atoms with Crippen LogP contribution in [-0.2, 0) is 4.29 Å². The summed E-state index contributed by atoms with van der Waals surface area (Å²) in [5.74, 6) is 0. The van der Waals surface area contributed by atoms with E-state index in [-0.39, 0.29) is 0 Å². The van der Waals surface area contributed by atoms with Gasteiger partial charge in [-0.15, -0.1) is 0 Å². The van der Waals surface area contributed by atoms with Gasteiger partial charge in [-0.2, -0.15) is 0 Å². The van der Waals surface area contributed by atoms with E-state index in [2.05, 4.69) is 52.1 Å². The van der Waals surface area contributed by atoms with Crippen LogP contribution in [0, 0.1) is 0 Å². The summed E-state index contributed by atoms with van der Waals surface area (Å²) in [4.78, 5) is 0. The Morgan fingerprint density at radius 2 is 1.50 bits per heavy atom. The Morgan fingerprint density at radius 1 is 1.33 bits per heavy atom. The summed E-state index contributed by atoms with van der Waals surface area (Å²) in [6.45, 7) is 0. The Bertz CT molecular complexity index is 40.5. The lowest BCUT2D eigenvalue weighted by Gasteiger charge is -2.02. The summed E-state index contributed by atoms with van der Waals surface area (Å²) in [5.41, 5.74) is 0. The number of hydrogen-bond donors (Lipinski definition) is 0. The summed E-state index contributed by atoms with van der Waals surface area (Å²) in [7, 11) is 0. The van der Waals surface area contributed by atoms with Crippen LogP contribution in [0.1, 0.15) is 0 Å².